The van der Waals surface area contributed by atoms with Gasteiger partial charge in [0.2, 0.25) is 19.1 Å². The molecule has 184 valence electrons. The molecule has 2 fully saturated rings. The Hall–Kier alpha value is -1.77. The van der Waals surface area contributed by atoms with Gasteiger partial charge in [-0.05, 0) is 49.9 Å². The first kappa shape index (κ1) is 27.5. The van der Waals surface area contributed by atoms with Gasteiger partial charge in [0.05, 0.1) is 10.5 Å². The van der Waals surface area contributed by atoms with E-state index in [-0.39, 0.29) is 10.5 Å². The minimum Gasteiger partial charge on any atom is -0.399 e. The third-order valence-corrected chi connectivity index (χ3v) is 9.67. The zero-order valence-electron chi connectivity index (χ0n) is 18.9. The molecule has 0 aromatic heterocycles. The maximum absolute atomic E-state index is 12.0. The number of sulfonamides is 1. The molecule has 2 aliphatic carbocycles. The first-order valence-electron chi connectivity index (χ1n) is 11.5. The average molecular weight is 515 g/mol. The maximum Gasteiger partial charge on any atom is 0.235 e. The van der Waals surface area contributed by atoms with Crippen molar-refractivity contribution in [3.05, 3.63) is 60.7 Å². The van der Waals surface area contributed by atoms with Gasteiger partial charge in [-0.2, -0.15) is 0 Å². The number of hydrogen-bond acceptors (Lipinski definition) is 5. The number of nitrogens with two attached hydrogens (primary N) is 1. The van der Waals surface area contributed by atoms with Crippen molar-refractivity contribution in [1.29, 1.82) is 0 Å². The Morgan fingerprint density at radius 2 is 1.09 bits per heavy atom. The van der Waals surface area contributed by atoms with Crippen molar-refractivity contribution in [2.24, 2.45) is 0 Å². The molecular formula is C24H35ClN2O4S2. The van der Waals surface area contributed by atoms with Crippen LogP contribution in [0.25, 0.3) is 0 Å². The van der Waals surface area contributed by atoms with Gasteiger partial charge in [-0.15, -0.1) is 0 Å². The number of nitrogens with one attached hydrogen (secondary N) is 1. The molecule has 4 rings (SSSR count). The van der Waals surface area contributed by atoms with Crippen molar-refractivity contribution < 1.29 is 16.8 Å². The normalized spacial score (nSPS) is 17.6. The molecule has 0 aliphatic heterocycles. The quantitative estimate of drug-likeness (QED) is 0.389. The van der Waals surface area contributed by atoms with Crippen molar-refractivity contribution in [1.82, 2.24) is 0 Å². The van der Waals surface area contributed by atoms with E-state index < -0.39 is 19.1 Å². The number of anilines is 2. The summed E-state index contributed by atoms with van der Waals surface area (Å²) in [4.78, 5) is 0. The first-order chi connectivity index (χ1) is 15.7. The second-order valence-corrected chi connectivity index (χ2v) is 13.3. The van der Waals surface area contributed by atoms with Crippen LogP contribution >= 0.6 is 10.7 Å². The Morgan fingerprint density at radius 3 is 1.45 bits per heavy atom. The molecule has 0 unspecified atom stereocenters. The summed E-state index contributed by atoms with van der Waals surface area (Å²) in [5, 5.41) is -0.468. The van der Waals surface area contributed by atoms with Crippen molar-refractivity contribution in [3.8, 4) is 0 Å². The van der Waals surface area contributed by atoms with Crippen LogP contribution in [0.3, 0.4) is 0 Å². The molecule has 9 heteroatoms. The smallest absolute Gasteiger partial charge is 0.235 e. The van der Waals surface area contributed by atoms with Gasteiger partial charge in [0.15, 0.2) is 0 Å². The number of nitrogen functional groups attached to an aromatic ring is 1. The lowest BCUT2D eigenvalue weighted by Gasteiger charge is -2.22. The molecule has 0 saturated heterocycles. The molecule has 0 amide bonds. The van der Waals surface area contributed by atoms with Crippen LogP contribution in [0.1, 0.15) is 64.2 Å². The summed E-state index contributed by atoms with van der Waals surface area (Å²) in [5.74, 6) is 0. The fourth-order valence-electron chi connectivity index (χ4n) is 3.93. The lowest BCUT2D eigenvalue weighted by Crippen LogP contribution is -2.29. The SMILES string of the molecule is Nc1ccccc1.O=S(=O)(Cl)C1CCCCC1.O=S(=O)(Nc1ccccc1)C1CCCCC1. The zero-order chi connectivity index (χ0) is 24.2. The van der Waals surface area contributed by atoms with Gasteiger partial charge in [0.1, 0.15) is 0 Å². The number of hydrogen-bond donors (Lipinski definition) is 2. The highest BCUT2D eigenvalue weighted by molar-refractivity contribution is 8.14. The molecule has 3 N–H and O–H groups in total. The highest BCUT2D eigenvalue weighted by atomic mass is 35.7. The van der Waals surface area contributed by atoms with E-state index in [9.17, 15) is 16.8 Å². The van der Waals surface area contributed by atoms with Crippen LogP contribution in [0, 0.1) is 0 Å². The molecule has 2 saturated carbocycles. The Labute approximate surface area is 203 Å². The topological polar surface area (TPSA) is 106 Å². The van der Waals surface area contributed by atoms with Gasteiger partial charge < -0.3 is 5.73 Å². The second kappa shape index (κ2) is 13.8. The molecular weight excluding hydrogens is 480 g/mol. The van der Waals surface area contributed by atoms with Crippen molar-refractivity contribution in [2.45, 2.75) is 74.7 Å². The van der Waals surface area contributed by atoms with Crippen LogP contribution in [0.15, 0.2) is 60.7 Å². The lowest BCUT2D eigenvalue weighted by atomic mass is 10.0. The van der Waals surface area contributed by atoms with Crippen LogP contribution in [-0.4, -0.2) is 27.3 Å². The van der Waals surface area contributed by atoms with E-state index in [1.807, 2.05) is 48.5 Å². The second-order valence-electron chi connectivity index (χ2n) is 8.42. The molecule has 33 heavy (non-hydrogen) atoms. The summed E-state index contributed by atoms with van der Waals surface area (Å²) in [6.45, 7) is 0. The molecule has 2 aliphatic rings. The number of benzene rings is 2. The van der Waals surface area contributed by atoms with Gasteiger partial charge in [-0.1, -0.05) is 74.9 Å². The van der Waals surface area contributed by atoms with E-state index in [4.69, 9.17) is 16.4 Å². The molecule has 2 aromatic carbocycles. The fraction of sp³-hybridized carbons (Fsp3) is 0.500. The Morgan fingerprint density at radius 1 is 0.667 bits per heavy atom. The summed E-state index contributed by atoms with van der Waals surface area (Å²) < 4.78 is 48.3. The minimum absolute atomic E-state index is 0.207. The van der Waals surface area contributed by atoms with E-state index in [1.165, 1.54) is 0 Å². The lowest BCUT2D eigenvalue weighted by molar-refractivity contribution is 0.486. The Balaban J connectivity index is 0.000000193. The predicted octanol–water partition coefficient (Wildman–Crippen LogP) is 5.92. The summed E-state index contributed by atoms with van der Waals surface area (Å²) in [5.41, 5.74) is 6.84. The number of para-hydroxylation sites is 2. The highest BCUT2D eigenvalue weighted by Crippen LogP contribution is 2.26. The Kier molecular flexibility index (Phi) is 11.5. The van der Waals surface area contributed by atoms with E-state index in [0.29, 0.717) is 5.69 Å². The van der Waals surface area contributed by atoms with Crippen LogP contribution in [0.5, 0.6) is 0 Å². The van der Waals surface area contributed by atoms with Gasteiger partial charge in [-0.25, -0.2) is 16.8 Å². The zero-order valence-corrected chi connectivity index (χ0v) is 21.3. The van der Waals surface area contributed by atoms with E-state index >= 15 is 0 Å². The molecule has 0 atom stereocenters. The minimum atomic E-state index is -3.25. The third-order valence-electron chi connectivity index (χ3n) is 5.77. The molecule has 6 nitrogen and oxygen atoms in total. The summed E-state index contributed by atoms with van der Waals surface area (Å²) in [6.07, 6.45) is 9.50. The van der Waals surface area contributed by atoms with E-state index in [0.717, 1.165) is 69.9 Å². The predicted molar refractivity (Wildman–Crippen MR) is 138 cm³/mol. The monoisotopic (exact) mass is 514 g/mol. The van der Waals surface area contributed by atoms with Gasteiger partial charge >= 0.3 is 0 Å². The standard InChI is InChI=1S/C12H17NO2S.C6H11ClO2S.C6H7N/c14-16(15,12-9-5-2-6-10-12)13-11-7-3-1-4-8-11;7-10(8,9)6-4-2-1-3-5-6;7-6-4-2-1-3-5-6/h1,3-4,7-8,12-13H,2,5-6,9-10H2;6H,1-5H2;1-5H,7H2. The van der Waals surface area contributed by atoms with Gasteiger partial charge in [0, 0.05) is 22.1 Å². The summed E-state index contributed by atoms with van der Waals surface area (Å²) in [7, 11) is -1.26. The van der Waals surface area contributed by atoms with Crippen LogP contribution < -0.4 is 10.5 Å². The van der Waals surface area contributed by atoms with Crippen molar-refractivity contribution in [2.75, 3.05) is 10.5 Å². The summed E-state index contributed by atoms with van der Waals surface area (Å²) in [6, 6.07) is 18.6. The largest absolute Gasteiger partial charge is 0.399 e. The molecule has 0 bridgehead atoms. The number of rotatable bonds is 4. The van der Waals surface area contributed by atoms with Crippen LogP contribution in [0.4, 0.5) is 11.4 Å². The molecule has 0 spiro atoms. The number of halogens is 1. The van der Waals surface area contributed by atoms with E-state index in [2.05, 4.69) is 4.72 Å². The fourth-order valence-corrected chi connectivity index (χ4v) is 6.95. The van der Waals surface area contributed by atoms with Gasteiger partial charge in [-0.3, -0.25) is 4.72 Å². The molecule has 2 aromatic rings. The highest BCUT2D eigenvalue weighted by Gasteiger charge is 2.27. The van der Waals surface area contributed by atoms with Crippen molar-refractivity contribution >= 4 is 41.1 Å². The van der Waals surface area contributed by atoms with Crippen LogP contribution in [-0.2, 0) is 19.1 Å². The van der Waals surface area contributed by atoms with E-state index in [1.54, 1.807) is 12.1 Å². The van der Waals surface area contributed by atoms with Crippen molar-refractivity contribution in [3.63, 3.8) is 0 Å². The maximum atomic E-state index is 12.0. The summed E-state index contributed by atoms with van der Waals surface area (Å²) >= 11 is 0. The first-order valence-corrected chi connectivity index (χ1v) is 15.4. The van der Waals surface area contributed by atoms with Crippen LogP contribution in [0.2, 0.25) is 0 Å². The molecule has 0 radical (unpaired) electrons. The Bertz CT molecular complexity index is 1000. The van der Waals surface area contributed by atoms with Gasteiger partial charge in [0.25, 0.3) is 0 Å². The average Bonchev–Trinajstić information content (AvgIpc) is 2.81. The third kappa shape index (κ3) is 10.8. The molecule has 0 heterocycles.